The van der Waals surface area contributed by atoms with Crippen molar-refractivity contribution in [3.05, 3.63) is 59.5 Å². The fraction of sp³-hybridized carbons (Fsp3) is 0.370. The maximum Gasteiger partial charge on any atom is 0.416 e. The van der Waals surface area contributed by atoms with Gasteiger partial charge in [-0.2, -0.15) is 18.3 Å². The van der Waals surface area contributed by atoms with E-state index in [1.165, 1.54) is 30.7 Å². The minimum absolute atomic E-state index is 0.0490. The third-order valence-electron chi connectivity index (χ3n) is 7.67. The number of benzene rings is 2. The Morgan fingerprint density at radius 1 is 1.05 bits per heavy atom. The summed E-state index contributed by atoms with van der Waals surface area (Å²) in [6, 6.07) is 6.15. The van der Waals surface area contributed by atoms with Crippen LogP contribution in [0.3, 0.4) is 0 Å². The Morgan fingerprint density at radius 3 is 2.39 bits per heavy atom. The number of likely N-dealkylation sites (tertiary alicyclic amines) is 1. The van der Waals surface area contributed by atoms with E-state index in [4.69, 9.17) is 0 Å². The molecule has 3 aromatic rings. The number of nitrogens with one attached hydrogen (secondary N) is 2. The van der Waals surface area contributed by atoms with Crippen LogP contribution in [0.15, 0.2) is 42.6 Å². The molecule has 10 nitrogen and oxygen atoms in total. The van der Waals surface area contributed by atoms with Gasteiger partial charge in [-0.15, -0.1) is 0 Å². The third-order valence-corrected chi connectivity index (χ3v) is 7.67. The van der Waals surface area contributed by atoms with Gasteiger partial charge < -0.3 is 10.2 Å². The van der Waals surface area contributed by atoms with Gasteiger partial charge in [-0.1, -0.05) is 0 Å². The van der Waals surface area contributed by atoms with Gasteiger partial charge in [-0.25, -0.2) is 9.18 Å². The summed E-state index contributed by atoms with van der Waals surface area (Å²) < 4.78 is 53.5. The van der Waals surface area contributed by atoms with Gasteiger partial charge in [0.1, 0.15) is 16.9 Å². The zero-order valence-electron chi connectivity index (χ0n) is 22.3. The lowest BCUT2D eigenvalue weighted by atomic mass is 9.84. The van der Waals surface area contributed by atoms with Crippen molar-refractivity contribution in [3.63, 3.8) is 0 Å². The first-order chi connectivity index (χ1) is 19.2. The fourth-order valence-corrected chi connectivity index (χ4v) is 5.45. The molecule has 1 aromatic heterocycles. The first kappa shape index (κ1) is 28.1. The standard InChI is InChI=1S/C27H26F4N6O4/c1-25(2,33-21(38)18-13-16(27(29,30)31)4-6-19(18)28)22(39)36-10-8-26(9-11-36)23(40)35(3)24(41)37(26)17-5-7-20-15(12-17)14-32-34-20/h4-7,12-14H,8-11H2,1-3H3,(H,32,34)(H,33,38). The molecule has 216 valence electrons. The van der Waals surface area contributed by atoms with Crippen LogP contribution < -0.4 is 10.2 Å². The Morgan fingerprint density at radius 2 is 1.73 bits per heavy atom. The number of rotatable bonds is 4. The van der Waals surface area contributed by atoms with E-state index in [2.05, 4.69) is 15.5 Å². The van der Waals surface area contributed by atoms with Crippen molar-refractivity contribution in [3.8, 4) is 0 Å². The molecule has 0 unspecified atom stereocenters. The normalized spacial score (nSPS) is 17.6. The number of hydrogen-bond donors (Lipinski definition) is 2. The number of nitrogens with zero attached hydrogens (tertiary/aromatic N) is 4. The molecule has 3 heterocycles. The first-order valence-electron chi connectivity index (χ1n) is 12.7. The molecule has 2 aliphatic rings. The monoisotopic (exact) mass is 574 g/mol. The van der Waals surface area contributed by atoms with Gasteiger partial charge in [0.05, 0.1) is 22.8 Å². The topological polar surface area (TPSA) is 119 Å². The highest BCUT2D eigenvalue weighted by atomic mass is 19.4. The summed E-state index contributed by atoms with van der Waals surface area (Å²) in [6.07, 6.45) is -2.99. The number of fused-ring (bicyclic) bond motifs is 1. The maximum absolute atomic E-state index is 14.3. The quantitative estimate of drug-likeness (QED) is 0.364. The molecule has 2 aliphatic heterocycles. The number of halogens is 4. The predicted molar refractivity (Wildman–Crippen MR) is 138 cm³/mol. The highest BCUT2D eigenvalue weighted by Crippen LogP contribution is 2.41. The number of H-pyrrole nitrogens is 1. The number of anilines is 1. The Balaban J connectivity index is 1.34. The number of aromatic nitrogens is 2. The van der Waals surface area contributed by atoms with Gasteiger partial charge in [-0.3, -0.25) is 29.3 Å². The Hall–Kier alpha value is -4.49. The number of hydrogen-bond acceptors (Lipinski definition) is 5. The van der Waals surface area contributed by atoms with Crippen LogP contribution in [0.5, 0.6) is 0 Å². The smallest absolute Gasteiger partial charge is 0.340 e. The number of alkyl halides is 3. The van der Waals surface area contributed by atoms with Crippen LogP contribution in [-0.2, 0) is 15.8 Å². The molecule has 0 radical (unpaired) electrons. The second kappa shape index (κ2) is 9.56. The number of piperidine rings is 1. The van der Waals surface area contributed by atoms with Crippen LogP contribution >= 0.6 is 0 Å². The van der Waals surface area contributed by atoms with Gasteiger partial charge >= 0.3 is 12.2 Å². The largest absolute Gasteiger partial charge is 0.416 e. The predicted octanol–water partition coefficient (Wildman–Crippen LogP) is 3.69. The lowest BCUT2D eigenvalue weighted by molar-refractivity contribution is -0.141. The second-order valence-corrected chi connectivity index (χ2v) is 10.7. The maximum atomic E-state index is 14.3. The zero-order chi connectivity index (χ0) is 29.9. The van der Waals surface area contributed by atoms with Gasteiger partial charge in [0.15, 0.2) is 0 Å². The number of likely N-dealkylation sites (N-methyl/N-ethyl adjacent to an activating group) is 1. The highest BCUT2D eigenvalue weighted by Gasteiger charge is 2.58. The molecule has 2 aromatic carbocycles. The average molecular weight is 575 g/mol. The molecule has 1 spiro atoms. The van der Waals surface area contributed by atoms with Crippen LogP contribution in [-0.4, -0.2) is 75.0 Å². The van der Waals surface area contributed by atoms with Crippen molar-refractivity contribution in [2.24, 2.45) is 0 Å². The number of carbonyl (C=O) groups excluding carboxylic acids is 4. The summed E-state index contributed by atoms with van der Waals surface area (Å²) >= 11 is 0. The summed E-state index contributed by atoms with van der Waals surface area (Å²) in [6.45, 7) is 2.81. The van der Waals surface area contributed by atoms with E-state index >= 15 is 0 Å². The molecule has 0 bridgehead atoms. The summed E-state index contributed by atoms with van der Waals surface area (Å²) in [5, 5.41) is 9.89. The van der Waals surface area contributed by atoms with Gasteiger partial charge in [0.25, 0.3) is 11.8 Å². The van der Waals surface area contributed by atoms with Crippen molar-refractivity contribution < 1.29 is 36.7 Å². The molecule has 14 heteroatoms. The van der Waals surface area contributed by atoms with Crippen molar-refractivity contribution in [2.75, 3.05) is 25.0 Å². The Kier molecular flexibility index (Phi) is 6.54. The minimum Gasteiger partial charge on any atom is -0.340 e. The summed E-state index contributed by atoms with van der Waals surface area (Å²) in [5.74, 6) is -3.33. The van der Waals surface area contributed by atoms with Crippen LogP contribution in [0.2, 0.25) is 0 Å². The number of aromatic amines is 1. The average Bonchev–Trinajstić information content (AvgIpc) is 3.45. The van der Waals surface area contributed by atoms with Crippen molar-refractivity contribution in [1.82, 2.24) is 25.3 Å². The van der Waals surface area contributed by atoms with Gasteiger partial charge in [-0.05, 0) is 63.1 Å². The SMILES string of the molecule is CN1C(=O)N(c2ccc3[nH]ncc3c2)C2(CCN(C(=O)C(C)(C)NC(=O)c3cc(C(F)(F)F)ccc3F)CC2)C1=O. The molecular formula is C27H26F4N6O4. The molecule has 2 N–H and O–H groups in total. The Labute approximate surface area is 231 Å². The minimum atomic E-state index is -4.79. The van der Waals surface area contributed by atoms with Gasteiger partial charge in [0, 0.05) is 31.2 Å². The van der Waals surface area contributed by atoms with E-state index in [9.17, 15) is 36.7 Å². The van der Waals surface area contributed by atoms with Crippen molar-refractivity contribution in [1.29, 1.82) is 0 Å². The van der Waals surface area contributed by atoms with E-state index in [1.54, 1.807) is 24.4 Å². The Bertz CT molecular complexity index is 1580. The van der Waals surface area contributed by atoms with Crippen LogP contribution in [0.25, 0.3) is 10.9 Å². The lowest BCUT2D eigenvalue weighted by Gasteiger charge is -2.44. The van der Waals surface area contributed by atoms with E-state index in [0.717, 1.165) is 15.8 Å². The van der Waals surface area contributed by atoms with E-state index < -0.39 is 58.0 Å². The van der Waals surface area contributed by atoms with Crippen molar-refractivity contribution in [2.45, 2.75) is 43.9 Å². The number of amides is 5. The lowest BCUT2D eigenvalue weighted by Crippen LogP contribution is -2.62. The molecule has 5 rings (SSSR count). The van der Waals surface area contributed by atoms with E-state index in [1.807, 2.05) is 0 Å². The molecule has 0 atom stereocenters. The van der Waals surface area contributed by atoms with Crippen LogP contribution in [0.1, 0.15) is 42.6 Å². The molecule has 41 heavy (non-hydrogen) atoms. The molecule has 2 fully saturated rings. The zero-order valence-corrected chi connectivity index (χ0v) is 22.3. The molecule has 2 saturated heterocycles. The number of carbonyl (C=O) groups is 4. The first-order valence-corrected chi connectivity index (χ1v) is 12.7. The highest BCUT2D eigenvalue weighted by molar-refractivity contribution is 6.17. The fourth-order valence-electron chi connectivity index (χ4n) is 5.45. The van der Waals surface area contributed by atoms with E-state index in [0.29, 0.717) is 23.9 Å². The summed E-state index contributed by atoms with van der Waals surface area (Å²) in [7, 11) is 1.39. The van der Waals surface area contributed by atoms with Crippen LogP contribution in [0, 0.1) is 5.82 Å². The van der Waals surface area contributed by atoms with E-state index in [-0.39, 0.29) is 25.9 Å². The molecule has 5 amide bonds. The van der Waals surface area contributed by atoms with Crippen molar-refractivity contribution >= 4 is 40.3 Å². The second-order valence-electron chi connectivity index (χ2n) is 10.7. The number of imide groups is 1. The molecule has 0 aliphatic carbocycles. The van der Waals surface area contributed by atoms with Crippen LogP contribution in [0.4, 0.5) is 28.0 Å². The summed E-state index contributed by atoms with van der Waals surface area (Å²) in [4.78, 5) is 56.6. The third kappa shape index (κ3) is 4.66. The number of urea groups is 1. The molecule has 0 saturated carbocycles. The molecular weight excluding hydrogens is 548 g/mol. The van der Waals surface area contributed by atoms with Gasteiger partial charge in [0.2, 0.25) is 5.91 Å². The summed E-state index contributed by atoms with van der Waals surface area (Å²) in [5.41, 5.74) is -3.66.